The van der Waals surface area contributed by atoms with Crippen molar-refractivity contribution in [2.24, 2.45) is 0 Å². The van der Waals surface area contributed by atoms with Gasteiger partial charge in [0.2, 0.25) is 0 Å². The van der Waals surface area contributed by atoms with Crippen LogP contribution >= 0.6 is 0 Å². The summed E-state index contributed by atoms with van der Waals surface area (Å²) < 4.78 is 53.9. The summed E-state index contributed by atoms with van der Waals surface area (Å²) in [4.78, 5) is 0. The summed E-state index contributed by atoms with van der Waals surface area (Å²) in [5.41, 5.74) is 1.09. The summed E-state index contributed by atoms with van der Waals surface area (Å²) in [6.45, 7) is 9.94. The van der Waals surface area contributed by atoms with E-state index in [-0.39, 0.29) is 5.75 Å². The molecule has 0 aromatic heterocycles. The Morgan fingerprint density at radius 1 is 1.00 bits per heavy atom. The summed E-state index contributed by atoms with van der Waals surface area (Å²) in [5.74, 6) is 0.252. The molecule has 1 aromatic carbocycles. The number of aryl methyl sites for hydroxylation is 2. The van der Waals surface area contributed by atoms with E-state index in [1.165, 1.54) is 0 Å². The molecule has 1 aromatic rings. The van der Waals surface area contributed by atoms with Crippen molar-refractivity contribution in [3.63, 3.8) is 0 Å². The Labute approximate surface area is 135 Å². The van der Waals surface area contributed by atoms with Crippen molar-refractivity contribution in [1.82, 2.24) is 0 Å². The minimum absolute atomic E-state index is 0.252. The van der Waals surface area contributed by atoms with Gasteiger partial charge in [0.15, 0.2) is 6.61 Å². The zero-order valence-corrected chi connectivity index (χ0v) is 14.3. The second-order valence-electron chi connectivity index (χ2n) is 6.98. The van der Waals surface area contributed by atoms with E-state index in [2.05, 4.69) is 0 Å². The topological polar surface area (TPSA) is 27.7 Å². The first-order valence-electron chi connectivity index (χ1n) is 7.49. The van der Waals surface area contributed by atoms with E-state index in [1.54, 1.807) is 26.0 Å². The van der Waals surface area contributed by atoms with E-state index in [1.807, 2.05) is 27.7 Å². The molecule has 0 saturated carbocycles. The third-order valence-electron chi connectivity index (χ3n) is 4.39. The number of rotatable bonds is 3. The average Bonchev–Trinajstić information content (AvgIpc) is 2.55. The first kappa shape index (κ1) is 18.1. The lowest BCUT2D eigenvalue weighted by molar-refractivity contribution is -0.153. The van der Waals surface area contributed by atoms with Crippen LogP contribution in [0.3, 0.4) is 0 Å². The van der Waals surface area contributed by atoms with E-state index in [0.717, 1.165) is 5.46 Å². The van der Waals surface area contributed by atoms with Gasteiger partial charge in [0.05, 0.1) is 11.2 Å². The van der Waals surface area contributed by atoms with Crippen molar-refractivity contribution >= 4 is 12.6 Å². The molecule has 1 aliphatic heterocycles. The Balaban J connectivity index is 2.24. The maximum absolute atomic E-state index is 12.3. The van der Waals surface area contributed by atoms with E-state index in [9.17, 15) is 13.2 Å². The summed E-state index contributed by atoms with van der Waals surface area (Å²) in [6, 6.07) is 3.50. The molecule has 2 rings (SSSR count). The summed E-state index contributed by atoms with van der Waals surface area (Å²) in [7, 11) is -0.547. The second kappa shape index (κ2) is 5.70. The molecule has 1 saturated heterocycles. The first-order chi connectivity index (χ1) is 10.3. The smallest absolute Gasteiger partial charge is 0.484 e. The van der Waals surface area contributed by atoms with E-state index >= 15 is 0 Å². The Bertz CT molecular complexity index is 558. The summed E-state index contributed by atoms with van der Waals surface area (Å²) in [5, 5.41) is 0. The Morgan fingerprint density at radius 2 is 1.43 bits per heavy atom. The predicted molar refractivity (Wildman–Crippen MR) is 83.2 cm³/mol. The van der Waals surface area contributed by atoms with E-state index in [0.29, 0.717) is 11.1 Å². The maximum Gasteiger partial charge on any atom is 0.494 e. The molecule has 0 atom stereocenters. The number of hydrogen-bond donors (Lipinski definition) is 0. The lowest BCUT2D eigenvalue weighted by atomic mass is 9.77. The fourth-order valence-electron chi connectivity index (χ4n) is 2.48. The van der Waals surface area contributed by atoms with Crippen LogP contribution < -0.4 is 10.2 Å². The molecule has 7 heteroatoms. The molecule has 0 aliphatic carbocycles. The van der Waals surface area contributed by atoms with E-state index < -0.39 is 31.1 Å². The number of alkyl halides is 3. The average molecular weight is 330 g/mol. The molecule has 0 spiro atoms. The zero-order chi connectivity index (χ0) is 17.6. The van der Waals surface area contributed by atoms with E-state index in [4.69, 9.17) is 14.0 Å². The van der Waals surface area contributed by atoms with Crippen LogP contribution in [0.4, 0.5) is 13.2 Å². The van der Waals surface area contributed by atoms with Gasteiger partial charge in [0, 0.05) is 0 Å². The van der Waals surface area contributed by atoms with Crippen molar-refractivity contribution in [2.75, 3.05) is 6.61 Å². The van der Waals surface area contributed by atoms with Crippen LogP contribution in [-0.2, 0) is 9.31 Å². The van der Waals surface area contributed by atoms with Crippen molar-refractivity contribution in [2.45, 2.75) is 58.9 Å². The van der Waals surface area contributed by atoms with Crippen molar-refractivity contribution in [3.8, 4) is 5.75 Å². The summed E-state index contributed by atoms with van der Waals surface area (Å²) >= 11 is 0. The van der Waals surface area contributed by atoms with Crippen LogP contribution in [0.1, 0.15) is 38.8 Å². The molecule has 1 fully saturated rings. The van der Waals surface area contributed by atoms with Gasteiger partial charge in [-0.3, -0.25) is 0 Å². The fourth-order valence-corrected chi connectivity index (χ4v) is 2.48. The molecule has 3 nitrogen and oxygen atoms in total. The van der Waals surface area contributed by atoms with Crippen LogP contribution in [0.25, 0.3) is 0 Å². The Hall–Kier alpha value is -1.21. The van der Waals surface area contributed by atoms with Crippen LogP contribution in [0.5, 0.6) is 5.75 Å². The second-order valence-corrected chi connectivity index (χ2v) is 6.98. The lowest BCUT2D eigenvalue weighted by Crippen LogP contribution is -2.41. The molecule has 0 N–H and O–H groups in total. The number of benzene rings is 1. The quantitative estimate of drug-likeness (QED) is 0.794. The van der Waals surface area contributed by atoms with Crippen LogP contribution in [0.2, 0.25) is 0 Å². The number of halogens is 3. The monoisotopic (exact) mass is 330 g/mol. The van der Waals surface area contributed by atoms with Crippen molar-refractivity contribution in [1.29, 1.82) is 0 Å². The van der Waals surface area contributed by atoms with Gasteiger partial charge in [0.25, 0.3) is 0 Å². The number of hydrogen-bond acceptors (Lipinski definition) is 3. The Morgan fingerprint density at radius 3 is 1.83 bits per heavy atom. The molecular formula is C16H22BF3O3. The van der Waals surface area contributed by atoms with Gasteiger partial charge < -0.3 is 14.0 Å². The molecular weight excluding hydrogens is 308 g/mol. The third-order valence-corrected chi connectivity index (χ3v) is 4.39. The highest BCUT2D eigenvalue weighted by atomic mass is 19.4. The third kappa shape index (κ3) is 3.83. The van der Waals surface area contributed by atoms with Gasteiger partial charge in [-0.1, -0.05) is 12.1 Å². The lowest BCUT2D eigenvalue weighted by Gasteiger charge is -2.32. The van der Waals surface area contributed by atoms with Crippen LogP contribution in [0, 0.1) is 13.8 Å². The highest BCUT2D eigenvalue weighted by molar-refractivity contribution is 6.62. The molecule has 128 valence electrons. The Kier molecular flexibility index (Phi) is 4.50. The fraction of sp³-hybridized carbons (Fsp3) is 0.625. The van der Waals surface area contributed by atoms with Gasteiger partial charge in [-0.25, -0.2) is 0 Å². The van der Waals surface area contributed by atoms with Crippen molar-refractivity contribution in [3.05, 3.63) is 23.3 Å². The molecule has 1 heterocycles. The van der Waals surface area contributed by atoms with Gasteiger partial charge in [-0.05, 0) is 58.1 Å². The summed E-state index contributed by atoms with van der Waals surface area (Å²) in [6.07, 6.45) is -4.36. The molecule has 23 heavy (non-hydrogen) atoms. The van der Waals surface area contributed by atoms with Crippen molar-refractivity contribution < 1.29 is 27.2 Å². The molecule has 1 aliphatic rings. The molecule has 0 radical (unpaired) electrons. The van der Waals surface area contributed by atoms with Gasteiger partial charge in [-0.15, -0.1) is 0 Å². The highest BCUT2D eigenvalue weighted by Gasteiger charge is 2.51. The van der Waals surface area contributed by atoms with Crippen LogP contribution in [-0.4, -0.2) is 31.1 Å². The largest absolute Gasteiger partial charge is 0.494 e. The van der Waals surface area contributed by atoms with Crippen LogP contribution in [0.15, 0.2) is 12.1 Å². The van der Waals surface area contributed by atoms with Gasteiger partial charge in [0.1, 0.15) is 5.75 Å². The van der Waals surface area contributed by atoms with Gasteiger partial charge >= 0.3 is 13.3 Å². The molecule has 0 bridgehead atoms. The molecule has 0 unspecified atom stereocenters. The maximum atomic E-state index is 12.3. The standard InChI is InChI=1S/C16H22BF3O3/c1-10-7-12(17-22-14(3,4)15(5,6)23-17)8-11(2)13(10)21-9-16(18,19)20/h7-8H,9H2,1-6H3. The minimum Gasteiger partial charge on any atom is -0.484 e. The normalized spacial score (nSPS) is 20.0. The SMILES string of the molecule is Cc1cc(B2OC(C)(C)C(C)(C)O2)cc(C)c1OCC(F)(F)F. The zero-order valence-electron chi connectivity index (χ0n) is 14.3. The minimum atomic E-state index is -4.36. The predicted octanol–water partition coefficient (Wildman–Crippen LogP) is 3.54. The number of ether oxygens (including phenoxy) is 1. The molecule has 0 amide bonds. The van der Waals surface area contributed by atoms with Gasteiger partial charge in [-0.2, -0.15) is 13.2 Å². The first-order valence-corrected chi connectivity index (χ1v) is 7.49. The highest BCUT2D eigenvalue weighted by Crippen LogP contribution is 2.37.